The number of esters is 1. The summed E-state index contributed by atoms with van der Waals surface area (Å²) in [6.45, 7) is 0.227. The van der Waals surface area contributed by atoms with E-state index in [1.54, 1.807) is 0 Å². The molecule has 0 fully saturated rings. The van der Waals surface area contributed by atoms with Gasteiger partial charge in [0.2, 0.25) is 0 Å². The summed E-state index contributed by atoms with van der Waals surface area (Å²) in [5, 5.41) is 0. The average Bonchev–Trinajstić information content (AvgIpc) is 2.33. The lowest BCUT2D eigenvalue weighted by Gasteiger charge is -2.06. The van der Waals surface area contributed by atoms with Crippen LogP contribution >= 0.6 is 0 Å². The van der Waals surface area contributed by atoms with E-state index in [9.17, 15) is 13.6 Å². The van der Waals surface area contributed by atoms with Crippen molar-refractivity contribution >= 4 is 17.3 Å². The molecule has 0 amide bonds. The summed E-state index contributed by atoms with van der Waals surface area (Å²) >= 11 is -2.52. The Hall–Kier alpha value is -1.24. The van der Waals surface area contributed by atoms with Gasteiger partial charge in [0.15, 0.2) is 0 Å². The van der Waals surface area contributed by atoms with Crippen molar-refractivity contribution in [1.29, 1.82) is 0 Å². The van der Waals surface area contributed by atoms with Gasteiger partial charge in [0.05, 0.1) is 18.0 Å². The Morgan fingerprint density at radius 2 is 2.00 bits per heavy atom. The third kappa shape index (κ3) is 6.83. The Kier molecular flexibility index (Phi) is 6.46. The Balaban J connectivity index is 2.11. The lowest BCUT2D eigenvalue weighted by Crippen LogP contribution is -2.06. The van der Waals surface area contributed by atoms with Gasteiger partial charge in [-0.05, 0) is 12.0 Å². The van der Waals surface area contributed by atoms with Crippen molar-refractivity contribution in [3.8, 4) is 0 Å². The van der Waals surface area contributed by atoms with Crippen LogP contribution in [0, 0.1) is 0 Å². The second kappa shape index (κ2) is 7.94. The van der Waals surface area contributed by atoms with Gasteiger partial charge < -0.3 is 13.5 Å². The van der Waals surface area contributed by atoms with Crippen molar-refractivity contribution in [2.24, 2.45) is 0 Å². The largest absolute Gasteiger partial charge is 0.750 e. The van der Waals surface area contributed by atoms with Gasteiger partial charge in [-0.25, -0.2) is 4.21 Å². The first kappa shape index (κ1) is 13.8. The van der Waals surface area contributed by atoms with Crippen LogP contribution in [0.2, 0.25) is 0 Å². The van der Waals surface area contributed by atoms with Crippen molar-refractivity contribution in [1.82, 2.24) is 0 Å². The van der Waals surface area contributed by atoms with Crippen LogP contribution in [0.4, 0.5) is 0 Å². The number of rotatable bonds is 7. The highest BCUT2D eigenvalue weighted by atomic mass is 32.2. The molecule has 17 heavy (non-hydrogen) atoms. The average molecular weight is 257 g/mol. The smallest absolute Gasteiger partial charge is 0.306 e. The normalized spacial score (nSPS) is 12.1. The Morgan fingerprint density at radius 1 is 1.29 bits per heavy atom. The lowest BCUT2D eigenvalue weighted by atomic mass is 10.2. The summed E-state index contributed by atoms with van der Waals surface area (Å²) in [7, 11) is 0. The van der Waals surface area contributed by atoms with Gasteiger partial charge in [0.25, 0.3) is 0 Å². The van der Waals surface area contributed by atoms with E-state index in [4.69, 9.17) is 4.74 Å². The molecule has 0 spiro atoms. The van der Waals surface area contributed by atoms with E-state index in [1.165, 1.54) is 0 Å². The van der Waals surface area contributed by atoms with Gasteiger partial charge in [0, 0.05) is 6.42 Å². The van der Waals surface area contributed by atoms with Crippen molar-refractivity contribution in [2.75, 3.05) is 6.61 Å². The van der Waals surface area contributed by atoms with E-state index in [2.05, 4.69) is 4.18 Å². The number of carbonyl (C=O) groups is 1. The van der Waals surface area contributed by atoms with Crippen LogP contribution in [0.25, 0.3) is 0 Å². The van der Waals surface area contributed by atoms with Crippen LogP contribution in [0.15, 0.2) is 30.3 Å². The molecular weight excluding hydrogens is 244 g/mol. The van der Waals surface area contributed by atoms with Crippen LogP contribution < -0.4 is 0 Å². The summed E-state index contributed by atoms with van der Waals surface area (Å²) in [5.74, 6) is -0.367. The zero-order chi connectivity index (χ0) is 12.5. The van der Waals surface area contributed by atoms with E-state index in [1.807, 2.05) is 30.3 Å². The molecule has 0 saturated heterocycles. The fourth-order valence-electron chi connectivity index (χ4n) is 1.15. The molecule has 0 bridgehead atoms. The molecule has 0 aliphatic rings. The molecule has 0 heterocycles. The van der Waals surface area contributed by atoms with Gasteiger partial charge in [-0.2, -0.15) is 0 Å². The van der Waals surface area contributed by atoms with E-state index in [0.717, 1.165) is 5.56 Å². The van der Waals surface area contributed by atoms with Crippen molar-refractivity contribution < 1.29 is 22.5 Å². The molecule has 1 aromatic carbocycles. The molecule has 5 nitrogen and oxygen atoms in total. The fourth-order valence-corrected chi connectivity index (χ4v) is 1.41. The second-order valence-electron chi connectivity index (χ2n) is 3.28. The maximum absolute atomic E-state index is 11.2. The van der Waals surface area contributed by atoms with Gasteiger partial charge >= 0.3 is 5.97 Å². The summed E-state index contributed by atoms with van der Waals surface area (Å²) < 4.78 is 29.3. The fraction of sp³-hybridized carbons (Fsp3) is 0.364. The minimum atomic E-state index is -2.52. The first-order chi connectivity index (χ1) is 8.18. The topological polar surface area (TPSA) is 75.7 Å². The number of hydrogen-bond donors (Lipinski definition) is 0. The molecule has 6 heteroatoms. The molecule has 0 radical (unpaired) electrons. The molecule has 0 saturated carbocycles. The molecular formula is C11H13O5S-. The highest BCUT2D eigenvalue weighted by molar-refractivity contribution is 7.74. The van der Waals surface area contributed by atoms with Gasteiger partial charge in [-0.3, -0.25) is 4.79 Å². The zero-order valence-corrected chi connectivity index (χ0v) is 9.98. The number of carbonyl (C=O) groups excluding carboxylic acids is 1. The first-order valence-electron chi connectivity index (χ1n) is 5.10. The van der Waals surface area contributed by atoms with Gasteiger partial charge in [0.1, 0.15) is 6.61 Å². The Bertz CT molecular complexity index is 365. The number of ether oxygens (including phenoxy) is 1. The number of benzene rings is 1. The minimum Gasteiger partial charge on any atom is -0.750 e. The minimum absolute atomic E-state index is 0.00342. The SMILES string of the molecule is O=C(CCCOS(=O)[O-])OCc1ccccc1. The number of hydrogen-bond acceptors (Lipinski definition) is 5. The highest BCUT2D eigenvalue weighted by Crippen LogP contribution is 2.02. The molecule has 1 unspecified atom stereocenters. The summed E-state index contributed by atoms with van der Waals surface area (Å²) in [5.41, 5.74) is 0.915. The maximum atomic E-state index is 11.2. The summed E-state index contributed by atoms with van der Waals surface area (Å²) in [4.78, 5) is 11.2. The maximum Gasteiger partial charge on any atom is 0.306 e. The van der Waals surface area contributed by atoms with Crippen LogP contribution in [-0.2, 0) is 31.7 Å². The molecule has 1 atom stereocenters. The van der Waals surface area contributed by atoms with Gasteiger partial charge in [-0.15, -0.1) is 0 Å². The molecule has 1 rings (SSSR count). The van der Waals surface area contributed by atoms with Crippen molar-refractivity contribution in [2.45, 2.75) is 19.4 Å². The molecule has 0 aliphatic heterocycles. The standard InChI is InChI=1S/C11H14O5S/c12-11(7-4-8-16-17(13)14)15-9-10-5-2-1-3-6-10/h1-3,5-6H,4,7-9H2,(H,13,14)/p-1. The van der Waals surface area contributed by atoms with E-state index >= 15 is 0 Å². The van der Waals surface area contributed by atoms with Crippen LogP contribution in [0.5, 0.6) is 0 Å². The molecule has 0 N–H and O–H groups in total. The highest BCUT2D eigenvalue weighted by Gasteiger charge is 2.03. The van der Waals surface area contributed by atoms with Crippen molar-refractivity contribution in [3.05, 3.63) is 35.9 Å². The molecule has 94 valence electrons. The Morgan fingerprint density at radius 3 is 2.65 bits per heavy atom. The van der Waals surface area contributed by atoms with E-state index in [0.29, 0.717) is 6.42 Å². The quantitative estimate of drug-likeness (QED) is 0.418. The van der Waals surface area contributed by atoms with Crippen LogP contribution in [-0.4, -0.2) is 21.3 Å². The van der Waals surface area contributed by atoms with E-state index in [-0.39, 0.29) is 25.6 Å². The molecule has 1 aromatic rings. The van der Waals surface area contributed by atoms with Crippen molar-refractivity contribution in [3.63, 3.8) is 0 Å². The summed E-state index contributed by atoms with van der Waals surface area (Å²) in [6, 6.07) is 9.32. The van der Waals surface area contributed by atoms with E-state index < -0.39 is 11.4 Å². The molecule has 0 aromatic heterocycles. The second-order valence-corrected chi connectivity index (χ2v) is 3.92. The zero-order valence-electron chi connectivity index (χ0n) is 9.16. The van der Waals surface area contributed by atoms with Crippen LogP contribution in [0.3, 0.4) is 0 Å². The first-order valence-corrected chi connectivity index (χ1v) is 6.10. The monoisotopic (exact) mass is 257 g/mol. The predicted octanol–water partition coefficient (Wildman–Crippen LogP) is 1.32. The third-order valence-electron chi connectivity index (χ3n) is 1.95. The summed E-state index contributed by atoms with van der Waals surface area (Å²) in [6.07, 6.45) is 0.464. The van der Waals surface area contributed by atoms with Gasteiger partial charge in [-0.1, -0.05) is 30.3 Å². The third-order valence-corrected chi connectivity index (χ3v) is 2.31. The Labute approximate surface area is 102 Å². The van der Waals surface area contributed by atoms with Crippen LogP contribution in [0.1, 0.15) is 18.4 Å². The predicted molar refractivity (Wildman–Crippen MR) is 60.3 cm³/mol. The molecule has 0 aliphatic carbocycles. The lowest BCUT2D eigenvalue weighted by molar-refractivity contribution is -0.145.